The van der Waals surface area contributed by atoms with E-state index < -0.39 is 0 Å². The second kappa shape index (κ2) is 29.8. The molecule has 0 aromatic carbocycles. The van der Waals surface area contributed by atoms with E-state index in [1.807, 2.05) is 45.3 Å². The molecule has 1 atom stereocenters. The first-order chi connectivity index (χ1) is 36.7. The average molecular weight is 1110 g/mol. The zero-order valence-corrected chi connectivity index (χ0v) is 50.5. The van der Waals surface area contributed by atoms with Crippen molar-refractivity contribution in [2.75, 3.05) is 0 Å². The number of unbranched alkanes of at least 4 members (excludes halogenated alkanes) is 13. The van der Waals surface area contributed by atoms with Crippen molar-refractivity contribution in [1.29, 1.82) is 21.0 Å². The van der Waals surface area contributed by atoms with E-state index in [4.69, 9.17) is 0 Å². The smallest absolute Gasteiger partial charge is 0.131 e. The Hall–Kier alpha value is -4.56. The maximum absolute atomic E-state index is 9.69. The van der Waals surface area contributed by atoms with Crippen molar-refractivity contribution in [3.63, 3.8) is 0 Å². The topological polar surface area (TPSA) is 100 Å². The summed E-state index contributed by atoms with van der Waals surface area (Å²) < 4.78 is 5.53. The zero-order valence-electron chi connectivity index (χ0n) is 45.6. The van der Waals surface area contributed by atoms with Crippen molar-refractivity contribution in [3.05, 3.63) is 79.6 Å². The summed E-state index contributed by atoms with van der Waals surface area (Å²) in [6, 6.07) is 23.0. The summed E-state index contributed by atoms with van der Waals surface area (Å²) in [5.74, 6) is 0.598. The normalized spacial score (nSPS) is 11.8. The summed E-state index contributed by atoms with van der Waals surface area (Å²) >= 11 is 11.4. The van der Waals surface area contributed by atoms with Crippen LogP contribution < -0.4 is 0 Å². The van der Waals surface area contributed by atoms with Gasteiger partial charge in [0.15, 0.2) is 0 Å². The Kier molecular flexibility index (Phi) is 23.1. The number of thiophene rings is 6. The SMILES string of the molecule is CCCCCCc1cc(C=C(C#N)C#N)sc1-c1cc(CCCCCC)c(-c2cc3c(s2)c2sc(-c4sc(-c5sc(C=C(C#N)C#N)cc5CCCCCC)cc4CCCCCC)cc2n3CC(CC)CCCC)s1. The van der Waals surface area contributed by atoms with Crippen molar-refractivity contribution in [2.24, 2.45) is 5.92 Å². The van der Waals surface area contributed by atoms with E-state index in [1.165, 1.54) is 191 Å². The molecular formula is C64H77N5S6. The fourth-order valence-electron chi connectivity index (χ4n) is 10.3. The van der Waals surface area contributed by atoms with Crippen LogP contribution >= 0.6 is 68.0 Å². The molecule has 7 heterocycles. The molecule has 7 aromatic heterocycles. The van der Waals surface area contributed by atoms with Gasteiger partial charge in [-0.3, -0.25) is 0 Å². The molecule has 0 aliphatic heterocycles. The molecule has 7 aromatic rings. The van der Waals surface area contributed by atoms with Crippen LogP contribution in [-0.4, -0.2) is 4.57 Å². The van der Waals surface area contributed by atoms with Crippen molar-refractivity contribution in [1.82, 2.24) is 4.57 Å². The Balaban J connectivity index is 1.38. The van der Waals surface area contributed by atoms with E-state index in [-0.39, 0.29) is 11.1 Å². The highest BCUT2D eigenvalue weighted by molar-refractivity contribution is 7.33. The lowest BCUT2D eigenvalue weighted by Gasteiger charge is -2.16. The van der Waals surface area contributed by atoms with E-state index in [1.54, 1.807) is 34.8 Å². The van der Waals surface area contributed by atoms with E-state index in [0.29, 0.717) is 5.92 Å². The largest absolute Gasteiger partial charge is 0.339 e. The second-order valence-corrected chi connectivity index (χ2v) is 26.8. The predicted molar refractivity (Wildman–Crippen MR) is 332 cm³/mol. The Morgan fingerprint density at radius 2 is 0.773 bits per heavy atom. The lowest BCUT2D eigenvalue weighted by molar-refractivity contribution is 0.401. The van der Waals surface area contributed by atoms with Gasteiger partial charge in [0.05, 0.1) is 20.4 Å². The average Bonchev–Trinajstić information content (AvgIpc) is 4.33. The molecule has 0 radical (unpaired) electrons. The van der Waals surface area contributed by atoms with Crippen LogP contribution in [0.25, 0.3) is 71.6 Å². The lowest BCUT2D eigenvalue weighted by atomic mass is 9.99. The quantitative estimate of drug-likeness (QED) is 0.0310. The molecule has 0 aliphatic rings. The van der Waals surface area contributed by atoms with Crippen LogP contribution in [0.3, 0.4) is 0 Å². The van der Waals surface area contributed by atoms with Gasteiger partial charge < -0.3 is 4.57 Å². The third-order valence-electron chi connectivity index (χ3n) is 14.6. The van der Waals surface area contributed by atoms with Crippen molar-refractivity contribution in [2.45, 2.75) is 202 Å². The zero-order chi connectivity index (χ0) is 53.1. The third-order valence-corrected chi connectivity index (χ3v) is 22.4. The highest BCUT2D eigenvalue weighted by Crippen LogP contribution is 2.52. The molecule has 0 saturated carbocycles. The lowest BCUT2D eigenvalue weighted by Crippen LogP contribution is -2.09. The summed E-state index contributed by atoms with van der Waals surface area (Å²) in [5, 5.41) is 38.8. The van der Waals surface area contributed by atoms with Crippen molar-refractivity contribution in [3.8, 4) is 63.3 Å². The van der Waals surface area contributed by atoms with E-state index in [9.17, 15) is 21.0 Å². The fraction of sp³-hybridized carbons (Fsp3) is 0.500. The van der Waals surface area contributed by atoms with Gasteiger partial charge in [0.25, 0.3) is 0 Å². The molecule has 0 saturated heterocycles. The number of allylic oxidation sites excluding steroid dienone is 2. The number of rotatable bonds is 32. The number of nitriles is 4. The molecule has 75 heavy (non-hydrogen) atoms. The van der Waals surface area contributed by atoms with E-state index >= 15 is 0 Å². The molecule has 11 heteroatoms. The minimum absolute atomic E-state index is 0.153. The van der Waals surface area contributed by atoms with Crippen molar-refractivity contribution >= 4 is 101 Å². The summed E-state index contributed by atoms with van der Waals surface area (Å²) in [6.45, 7) is 14.8. The highest BCUT2D eigenvalue weighted by Gasteiger charge is 2.26. The molecule has 0 amide bonds. The van der Waals surface area contributed by atoms with Crippen LogP contribution in [0.4, 0.5) is 0 Å². The molecule has 0 bridgehead atoms. The first kappa shape index (κ1) is 58.1. The van der Waals surface area contributed by atoms with Gasteiger partial charge in [-0.2, -0.15) is 21.0 Å². The summed E-state index contributed by atoms with van der Waals surface area (Å²) in [7, 11) is 0. The van der Waals surface area contributed by atoms with Gasteiger partial charge in [0, 0.05) is 55.3 Å². The first-order valence-electron chi connectivity index (χ1n) is 28.4. The van der Waals surface area contributed by atoms with Gasteiger partial charge in [0.2, 0.25) is 0 Å². The summed E-state index contributed by atoms with van der Waals surface area (Å²) in [5.41, 5.74) is 8.62. The Labute approximate surface area is 473 Å². The van der Waals surface area contributed by atoms with Gasteiger partial charge in [-0.1, -0.05) is 138 Å². The molecule has 7 rings (SSSR count). The van der Waals surface area contributed by atoms with Gasteiger partial charge in [-0.05, 0) is 135 Å². The number of aryl methyl sites for hydroxylation is 4. The highest BCUT2D eigenvalue weighted by atomic mass is 32.1. The van der Waals surface area contributed by atoms with E-state index in [0.717, 1.165) is 61.2 Å². The minimum Gasteiger partial charge on any atom is -0.339 e. The molecule has 0 N–H and O–H groups in total. The molecular weight excluding hydrogens is 1030 g/mol. The van der Waals surface area contributed by atoms with Gasteiger partial charge in [0.1, 0.15) is 35.4 Å². The maximum atomic E-state index is 9.69. The van der Waals surface area contributed by atoms with Crippen LogP contribution in [0.1, 0.15) is 202 Å². The van der Waals surface area contributed by atoms with Crippen LogP contribution in [0.15, 0.2) is 47.5 Å². The van der Waals surface area contributed by atoms with Crippen LogP contribution in [0.2, 0.25) is 0 Å². The summed E-state index contributed by atoms with van der Waals surface area (Å²) in [4.78, 5) is 12.7. The second-order valence-electron chi connectivity index (χ2n) is 20.4. The van der Waals surface area contributed by atoms with Crippen LogP contribution in [0, 0.1) is 51.2 Å². The van der Waals surface area contributed by atoms with Crippen LogP contribution in [-0.2, 0) is 32.2 Å². The Morgan fingerprint density at radius 3 is 1.12 bits per heavy atom. The summed E-state index contributed by atoms with van der Waals surface area (Å²) in [6.07, 6.45) is 31.8. The number of nitrogens with zero attached hydrogens (tertiary/aromatic N) is 5. The third kappa shape index (κ3) is 14.9. The molecule has 0 fully saturated rings. The molecule has 1 unspecified atom stereocenters. The number of aromatic nitrogens is 1. The minimum atomic E-state index is 0.153. The monoisotopic (exact) mass is 1110 g/mol. The number of hydrogen-bond donors (Lipinski definition) is 0. The maximum Gasteiger partial charge on any atom is 0.131 e. The fourth-order valence-corrected chi connectivity index (χ4v) is 18.1. The number of fused-ring (bicyclic) bond motifs is 3. The van der Waals surface area contributed by atoms with E-state index in [2.05, 4.69) is 107 Å². The number of hydrogen-bond acceptors (Lipinski definition) is 10. The Bertz CT molecular complexity index is 2960. The first-order valence-corrected chi connectivity index (χ1v) is 33.3. The van der Waals surface area contributed by atoms with Gasteiger partial charge >= 0.3 is 0 Å². The van der Waals surface area contributed by atoms with Crippen molar-refractivity contribution < 1.29 is 0 Å². The standard InChI is InChI=1S/C64H77N5S6/c1-7-13-18-22-27-47-33-51(31-45(39-65)40-66)70-59(47)55-35-49(29-24-20-15-9-3)61(72-55)57-37-53-63(74-57)64-54(69(53)43-44(12-6)26-17-11-5)38-58(75-64)62-50(30-25-21-16-10-4)36-56(73-62)60-48(28-23-19-14-8-2)34-52(71-60)32-46(41-67)42-68/h31-38,44H,7-30,43H2,1-6H3. The van der Waals surface area contributed by atoms with Gasteiger partial charge in [-0.15, -0.1) is 68.0 Å². The Morgan fingerprint density at radius 1 is 0.427 bits per heavy atom. The van der Waals surface area contributed by atoms with Gasteiger partial charge in [-0.25, -0.2) is 0 Å². The van der Waals surface area contributed by atoms with Crippen LogP contribution in [0.5, 0.6) is 0 Å². The molecule has 394 valence electrons. The predicted octanol–water partition coefficient (Wildman–Crippen LogP) is 22.4. The molecule has 0 spiro atoms. The molecule has 5 nitrogen and oxygen atoms in total. The molecule has 0 aliphatic carbocycles.